The zero-order chi connectivity index (χ0) is 10.9. The molecule has 2 heteroatoms. The largest absolute Gasteiger partial charge is 0.497 e. The number of carbonyl (C=O) groups excluding carboxylic acids is 1. The number of ether oxygens (including phenoxy) is 1. The van der Waals surface area contributed by atoms with Crippen molar-refractivity contribution in [2.45, 2.75) is 31.6 Å². The molecule has 0 aromatic heterocycles. The normalized spacial score (nSPS) is 25.6. The smallest absolute Gasteiger partial charge is 0.143 e. The van der Waals surface area contributed by atoms with E-state index >= 15 is 0 Å². The highest BCUT2D eigenvalue weighted by atomic mass is 16.5. The van der Waals surface area contributed by atoms with E-state index in [0.717, 1.165) is 24.2 Å². The molecule has 0 unspecified atom stereocenters. The number of rotatable bonds is 2. The maximum Gasteiger partial charge on any atom is 0.143 e. The van der Waals surface area contributed by atoms with Gasteiger partial charge in [-0.05, 0) is 37.5 Å². The van der Waals surface area contributed by atoms with Crippen LogP contribution in [-0.2, 0) is 10.2 Å². The minimum Gasteiger partial charge on any atom is -0.497 e. The lowest BCUT2D eigenvalue weighted by molar-refractivity contribution is -0.121. The lowest BCUT2D eigenvalue weighted by atomic mass is 9.80. The molecule has 1 aliphatic rings. The van der Waals surface area contributed by atoms with E-state index in [4.69, 9.17) is 4.74 Å². The molecule has 0 aliphatic heterocycles. The Labute approximate surface area is 90.3 Å². The summed E-state index contributed by atoms with van der Waals surface area (Å²) in [5.41, 5.74) is 0.804. The van der Waals surface area contributed by atoms with Crippen molar-refractivity contribution in [2.24, 2.45) is 0 Å². The summed E-state index contributed by atoms with van der Waals surface area (Å²) in [6.07, 6.45) is 2.68. The molecule has 2 rings (SSSR count). The van der Waals surface area contributed by atoms with Crippen LogP contribution in [0.1, 0.15) is 31.7 Å². The van der Waals surface area contributed by atoms with Gasteiger partial charge in [-0.1, -0.05) is 12.1 Å². The average molecular weight is 204 g/mol. The lowest BCUT2D eigenvalue weighted by Crippen LogP contribution is -2.26. The Morgan fingerprint density at radius 2 is 2.20 bits per heavy atom. The van der Waals surface area contributed by atoms with Crippen LogP contribution in [0.5, 0.6) is 5.75 Å². The molecule has 0 N–H and O–H groups in total. The lowest BCUT2D eigenvalue weighted by Gasteiger charge is -2.22. The third-order valence-corrected chi connectivity index (χ3v) is 3.40. The van der Waals surface area contributed by atoms with Gasteiger partial charge in [-0.25, -0.2) is 0 Å². The molecule has 1 aliphatic carbocycles. The van der Waals surface area contributed by atoms with Crippen molar-refractivity contribution in [2.75, 3.05) is 7.11 Å². The molecule has 1 aromatic carbocycles. The van der Waals surface area contributed by atoms with E-state index in [1.54, 1.807) is 7.11 Å². The van der Waals surface area contributed by atoms with E-state index in [2.05, 4.69) is 0 Å². The van der Waals surface area contributed by atoms with Crippen LogP contribution >= 0.6 is 0 Å². The third-order valence-electron chi connectivity index (χ3n) is 3.40. The van der Waals surface area contributed by atoms with Gasteiger partial charge in [0.05, 0.1) is 12.5 Å². The number of Topliss-reactive ketones (excluding diaryl/α,β-unsaturated/α-hetero) is 1. The summed E-state index contributed by atoms with van der Waals surface area (Å²) in [5, 5.41) is 0. The molecule has 0 spiro atoms. The van der Waals surface area contributed by atoms with Crippen LogP contribution in [0, 0.1) is 0 Å². The first-order valence-corrected chi connectivity index (χ1v) is 5.34. The van der Waals surface area contributed by atoms with Crippen LogP contribution in [0.3, 0.4) is 0 Å². The molecule has 1 saturated carbocycles. The van der Waals surface area contributed by atoms with Crippen molar-refractivity contribution >= 4 is 5.78 Å². The topological polar surface area (TPSA) is 26.3 Å². The molecule has 0 bridgehead atoms. The minimum absolute atomic E-state index is 0.283. The molecular formula is C13H16O2. The highest BCUT2D eigenvalue weighted by Crippen LogP contribution is 2.38. The van der Waals surface area contributed by atoms with E-state index in [9.17, 15) is 4.79 Å². The van der Waals surface area contributed by atoms with Crippen LogP contribution in [0.25, 0.3) is 0 Å². The van der Waals surface area contributed by atoms with Crippen LogP contribution in [-0.4, -0.2) is 12.9 Å². The van der Waals surface area contributed by atoms with E-state index in [1.165, 1.54) is 0 Å². The SMILES string of the molecule is COc1cccc([C@@]2(C)CCCC2=O)c1. The molecule has 0 saturated heterocycles. The van der Waals surface area contributed by atoms with Gasteiger partial charge < -0.3 is 4.74 Å². The van der Waals surface area contributed by atoms with Crippen molar-refractivity contribution in [3.05, 3.63) is 29.8 Å². The number of methoxy groups -OCH3 is 1. The Morgan fingerprint density at radius 3 is 2.80 bits per heavy atom. The van der Waals surface area contributed by atoms with Gasteiger partial charge in [-0.3, -0.25) is 4.79 Å². The summed E-state index contributed by atoms with van der Waals surface area (Å²) in [5.74, 6) is 1.18. The van der Waals surface area contributed by atoms with Crippen LogP contribution < -0.4 is 4.74 Å². The monoisotopic (exact) mass is 204 g/mol. The molecule has 2 nitrogen and oxygen atoms in total. The number of benzene rings is 1. The van der Waals surface area contributed by atoms with Gasteiger partial charge in [-0.15, -0.1) is 0 Å². The zero-order valence-corrected chi connectivity index (χ0v) is 9.25. The summed E-state index contributed by atoms with van der Waals surface area (Å²) < 4.78 is 5.18. The summed E-state index contributed by atoms with van der Waals surface area (Å²) in [6, 6.07) is 7.85. The zero-order valence-electron chi connectivity index (χ0n) is 9.25. The number of carbonyl (C=O) groups is 1. The van der Waals surface area contributed by atoms with Gasteiger partial charge in [0, 0.05) is 6.42 Å². The fourth-order valence-corrected chi connectivity index (χ4v) is 2.29. The second-order valence-electron chi connectivity index (χ2n) is 4.34. The second-order valence-corrected chi connectivity index (χ2v) is 4.34. The molecule has 0 radical (unpaired) electrons. The maximum atomic E-state index is 11.9. The Kier molecular flexibility index (Phi) is 2.51. The fraction of sp³-hybridized carbons (Fsp3) is 0.462. The molecule has 0 amide bonds. The first-order chi connectivity index (χ1) is 7.16. The van der Waals surface area contributed by atoms with Gasteiger partial charge in [0.15, 0.2) is 0 Å². The Balaban J connectivity index is 2.39. The predicted octanol–water partition coefficient (Wildman–Crippen LogP) is 2.71. The average Bonchev–Trinajstić information content (AvgIpc) is 2.61. The van der Waals surface area contributed by atoms with Gasteiger partial charge >= 0.3 is 0 Å². The first kappa shape index (κ1) is 10.2. The molecule has 80 valence electrons. The second kappa shape index (κ2) is 3.69. The number of hydrogen-bond donors (Lipinski definition) is 0. The van der Waals surface area contributed by atoms with Crippen LogP contribution in [0.4, 0.5) is 0 Å². The molecule has 0 heterocycles. The third kappa shape index (κ3) is 1.65. The summed E-state index contributed by atoms with van der Waals surface area (Å²) >= 11 is 0. The Morgan fingerprint density at radius 1 is 1.40 bits per heavy atom. The summed E-state index contributed by atoms with van der Waals surface area (Å²) in [6.45, 7) is 2.04. The minimum atomic E-state index is -0.283. The van der Waals surface area contributed by atoms with Crippen molar-refractivity contribution < 1.29 is 9.53 Å². The number of hydrogen-bond acceptors (Lipinski definition) is 2. The molecule has 1 fully saturated rings. The first-order valence-electron chi connectivity index (χ1n) is 5.34. The van der Waals surface area contributed by atoms with E-state index < -0.39 is 0 Å². The van der Waals surface area contributed by atoms with Crippen molar-refractivity contribution in [1.29, 1.82) is 0 Å². The van der Waals surface area contributed by atoms with Crippen molar-refractivity contribution in [1.82, 2.24) is 0 Å². The maximum absolute atomic E-state index is 11.9. The van der Waals surface area contributed by atoms with E-state index in [1.807, 2.05) is 31.2 Å². The van der Waals surface area contributed by atoms with E-state index in [-0.39, 0.29) is 5.41 Å². The van der Waals surface area contributed by atoms with Crippen LogP contribution in [0.2, 0.25) is 0 Å². The molecule has 1 aromatic rings. The Bertz CT molecular complexity index is 384. The summed E-state index contributed by atoms with van der Waals surface area (Å²) in [4.78, 5) is 11.9. The highest BCUT2D eigenvalue weighted by molar-refractivity contribution is 5.91. The standard InChI is InChI=1S/C13H16O2/c1-13(8-4-7-12(13)14)10-5-3-6-11(9-10)15-2/h3,5-6,9H,4,7-8H2,1-2H3/t13-/m1/s1. The van der Waals surface area contributed by atoms with Gasteiger partial charge in [0.2, 0.25) is 0 Å². The summed E-state index contributed by atoms with van der Waals surface area (Å²) in [7, 11) is 1.65. The Hall–Kier alpha value is -1.31. The fourth-order valence-electron chi connectivity index (χ4n) is 2.29. The van der Waals surface area contributed by atoms with Crippen molar-refractivity contribution in [3.8, 4) is 5.75 Å². The van der Waals surface area contributed by atoms with Crippen LogP contribution in [0.15, 0.2) is 24.3 Å². The van der Waals surface area contributed by atoms with Crippen molar-refractivity contribution in [3.63, 3.8) is 0 Å². The van der Waals surface area contributed by atoms with Gasteiger partial charge in [0.1, 0.15) is 11.5 Å². The molecule has 1 atom stereocenters. The molecule has 15 heavy (non-hydrogen) atoms. The van der Waals surface area contributed by atoms with E-state index in [0.29, 0.717) is 12.2 Å². The predicted molar refractivity (Wildman–Crippen MR) is 59.2 cm³/mol. The number of ketones is 1. The molecular weight excluding hydrogens is 188 g/mol. The highest BCUT2D eigenvalue weighted by Gasteiger charge is 2.38. The van der Waals surface area contributed by atoms with Gasteiger partial charge in [0.25, 0.3) is 0 Å². The van der Waals surface area contributed by atoms with Gasteiger partial charge in [-0.2, -0.15) is 0 Å². The quantitative estimate of drug-likeness (QED) is 0.740.